The number of amides is 1. The van der Waals surface area contributed by atoms with Gasteiger partial charge in [-0.25, -0.2) is 8.42 Å². The van der Waals surface area contributed by atoms with Gasteiger partial charge in [0.2, 0.25) is 0 Å². The average molecular weight is 492 g/mol. The number of hydrogen-bond donors (Lipinski definition) is 2. The van der Waals surface area contributed by atoms with Gasteiger partial charge in [0.15, 0.2) is 0 Å². The number of nitrogens with zero attached hydrogens (tertiary/aromatic N) is 1. The Kier molecular flexibility index (Phi) is 8.40. The summed E-state index contributed by atoms with van der Waals surface area (Å²) in [5.41, 5.74) is 0.503. The Morgan fingerprint density at radius 2 is 1.88 bits per heavy atom. The summed E-state index contributed by atoms with van der Waals surface area (Å²) in [5, 5.41) is 3.43. The number of benzene rings is 2. The molecule has 3 rings (SSSR count). The van der Waals surface area contributed by atoms with Gasteiger partial charge in [0.1, 0.15) is 23.0 Å². The number of hydrogen-bond acceptors (Lipinski definition) is 7. The molecule has 0 fully saturated rings. The first kappa shape index (κ1) is 25.8. The molecular formula is C24H33N3O6S. The zero-order valence-electron chi connectivity index (χ0n) is 20.2. The van der Waals surface area contributed by atoms with E-state index in [4.69, 9.17) is 14.2 Å². The first-order valence-electron chi connectivity index (χ1n) is 11.1. The van der Waals surface area contributed by atoms with Crippen LogP contribution in [0.4, 0.5) is 5.69 Å². The zero-order chi connectivity index (χ0) is 24.9. The lowest BCUT2D eigenvalue weighted by atomic mass is 10.0. The number of sulfonamides is 1. The molecule has 10 heteroatoms. The summed E-state index contributed by atoms with van der Waals surface area (Å²) in [5.74, 6) is 0.486. The fourth-order valence-corrected chi connectivity index (χ4v) is 5.00. The average Bonchev–Trinajstić information content (AvgIpc) is 2.83. The highest BCUT2D eigenvalue weighted by molar-refractivity contribution is 7.92. The van der Waals surface area contributed by atoms with E-state index in [0.29, 0.717) is 18.9 Å². The number of fused-ring (bicyclic) bond motifs is 1. The number of likely N-dealkylation sites (N-methyl/N-ethyl adjacent to an activating group) is 1. The van der Waals surface area contributed by atoms with Gasteiger partial charge in [0.25, 0.3) is 15.9 Å². The van der Waals surface area contributed by atoms with Crippen molar-refractivity contribution in [3.8, 4) is 11.5 Å². The normalized spacial score (nSPS) is 22.1. The minimum absolute atomic E-state index is 0.00165. The molecule has 186 valence electrons. The van der Waals surface area contributed by atoms with E-state index in [1.165, 1.54) is 19.2 Å². The topological polar surface area (TPSA) is 106 Å². The monoisotopic (exact) mass is 491 g/mol. The van der Waals surface area contributed by atoms with E-state index < -0.39 is 10.0 Å². The third kappa shape index (κ3) is 5.99. The molecule has 1 amide bonds. The van der Waals surface area contributed by atoms with E-state index >= 15 is 0 Å². The highest BCUT2D eigenvalue weighted by Gasteiger charge is 2.26. The predicted molar refractivity (Wildman–Crippen MR) is 130 cm³/mol. The number of para-hydroxylation sites is 1. The van der Waals surface area contributed by atoms with Gasteiger partial charge in [-0.15, -0.1) is 0 Å². The second-order valence-corrected chi connectivity index (χ2v) is 10.2. The van der Waals surface area contributed by atoms with Crippen molar-refractivity contribution in [2.24, 2.45) is 5.92 Å². The van der Waals surface area contributed by atoms with Crippen LogP contribution in [-0.2, 0) is 14.8 Å². The van der Waals surface area contributed by atoms with Gasteiger partial charge in [-0.05, 0) is 43.2 Å². The molecule has 1 heterocycles. The molecular weight excluding hydrogens is 458 g/mol. The molecule has 0 radical (unpaired) electrons. The van der Waals surface area contributed by atoms with E-state index in [-0.39, 0.29) is 45.9 Å². The summed E-state index contributed by atoms with van der Waals surface area (Å²) in [6.45, 7) is 5.52. The van der Waals surface area contributed by atoms with Crippen molar-refractivity contribution in [1.29, 1.82) is 0 Å². The van der Waals surface area contributed by atoms with Crippen molar-refractivity contribution in [2.75, 3.05) is 45.7 Å². The fourth-order valence-electron chi connectivity index (χ4n) is 3.77. The highest BCUT2D eigenvalue weighted by Crippen LogP contribution is 2.29. The maximum absolute atomic E-state index is 13.4. The van der Waals surface area contributed by atoms with Crippen LogP contribution in [0.5, 0.6) is 11.5 Å². The smallest absolute Gasteiger partial charge is 0.265 e. The summed E-state index contributed by atoms with van der Waals surface area (Å²) in [4.78, 5) is 14.9. The molecule has 34 heavy (non-hydrogen) atoms. The van der Waals surface area contributed by atoms with Gasteiger partial charge in [-0.2, -0.15) is 0 Å². The number of rotatable bonds is 5. The molecule has 0 unspecified atom stereocenters. The third-order valence-corrected chi connectivity index (χ3v) is 7.26. The van der Waals surface area contributed by atoms with Crippen molar-refractivity contribution in [3.05, 3.63) is 48.0 Å². The Morgan fingerprint density at radius 3 is 2.59 bits per heavy atom. The summed E-state index contributed by atoms with van der Waals surface area (Å²) in [7, 11) is 0.784. The zero-order valence-corrected chi connectivity index (χ0v) is 21.0. The number of ether oxygens (including phenoxy) is 3. The SMILES string of the molecule is COc1ccccc1S(=O)(=O)Nc1ccc2c(c1)C(=O)N(C)C[C@@H](OC)[C@@H](C)CN[C@@H](C)CO2. The van der Waals surface area contributed by atoms with Crippen molar-refractivity contribution in [1.82, 2.24) is 10.2 Å². The van der Waals surface area contributed by atoms with Crippen LogP contribution in [-0.4, -0.2) is 72.3 Å². The first-order chi connectivity index (χ1) is 16.2. The van der Waals surface area contributed by atoms with Crippen molar-refractivity contribution in [3.63, 3.8) is 0 Å². The minimum atomic E-state index is -3.95. The standard InChI is InChI=1S/C24H33N3O6S/c1-16-13-25-17(2)15-33-20-11-10-18(12-19(20)24(28)27(3)14-22(16)32-5)26-34(29,30)23-9-7-6-8-21(23)31-4/h6-12,16-17,22,25-26H,13-15H2,1-5H3/t16-,17-,22+/m0/s1. The number of anilines is 1. The predicted octanol–water partition coefficient (Wildman–Crippen LogP) is 2.59. The number of carbonyl (C=O) groups is 1. The molecule has 2 aromatic carbocycles. The van der Waals surface area contributed by atoms with Gasteiger partial charge in [0, 0.05) is 39.0 Å². The second kappa shape index (κ2) is 11.1. The molecule has 3 atom stereocenters. The van der Waals surface area contributed by atoms with Crippen LogP contribution in [0.1, 0.15) is 24.2 Å². The van der Waals surface area contributed by atoms with Crippen LogP contribution in [0.25, 0.3) is 0 Å². The lowest BCUT2D eigenvalue weighted by molar-refractivity contribution is 0.0281. The van der Waals surface area contributed by atoms with Gasteiger partial charge in [-0.3, -0.25) is 9.52 Å². The van der Waals surface area contributed by atoms with Crippen LogP contribution < -0.4 is 19.5 Å². The van der Waals surface area contributed by atoms with E-state index in [2.05, 4.69) is 17.0 Å². The summed E-state index contributed by atoms with van der Waals surface area (Å²) in [6, 6.07) is 11.1. The maximum Gasteiger partial charge on any atom is 0.265 e. The number of carbonyl (C=O) groups excluding carboxylic acids is 1. The van der Waals surface area contributed by atoms with E-state index in [0.717, 1.165) is 6.54 Å². The van der Waals surface area contributed by atoms with Gasteiger partial charge in [0.05, 0.1) is 18.8 Å². The summed E-state index contributed by atoms with van der Waals surface area (Å²) >= 11 is 0. The van der Waals surface area contributed by atoms with Crippen LogP contribution >= 0.6 is 0 Å². The fraction of sp³-hybridized carbons (Fsp3) is 0.458. The van der Waals surface area contributed by atoms with Crippen LogP contribution in [0.15, 0.2) is 47.4 Å². The van der Waals surface area contributed by atoms with Gasteiger partial charge >= 0.3 is 0 Å². The third-order valence-electron chi connectivity index (χ3n) is 5.84. The molecule has 2 aromatic rings. The first-order valence-corrected chi connectivity index (χ1v) is 12.6. The van der Waals surface area contributed by atoms with Crippen LogP contribution in [0, 0.1) is 5.92 Å². The second-order valence-electron chi connectivity index (χ2n) is 8.52. The Morgan fingerprint density at radius 1 is 1.15 bits per heavy atom. The number of methoxy groups -OCH3 is 2. The lowest BCUT2D eigenvalue weighted by Gasteiger charge is -2.30. The molecule has 0 saturated carbocycles. The largest absolute Gasteiger partial charge is 0.495 e. The Hall–Kier alpha value is -2.82. The minimum Gasteiger partial charge on any atom is -0.495 e. The summed E-state index contributed by atoms with van der Waals surface area (Å²) < 4.78 is 45.4. The van der Waals surface area contributed by atoms with E-state index in [9.17, 15) is 13.2 Å². The summed E-state index contributed by atoms with van der Waals surface area (Å²) in [6.07, 6.45) is -0.162. The molecule has 0 bridgehead atoms. The van der Waals surface area contributed by atoms with Crippen molar-refractivity contribution >= 4 is 21.6 Å². The Balaban J connectivity index is 1.96. The lowest BCUT2D eigenvalue weighted by Crippen LogP contribution is -2.44. The Bertz CT molecular complexity index is 1110. The van der Waals surface area contributed by atoms with Crippen LogP contribution in [0.2, 0.25) is 0 Å². The van der Waals surface area contributed by atoms with E-state index in [1.54, 1.807) is 49.4 Å². The molecule has 1 aliphatic heterocycles. The molecule has 0 saturated heterocycles. The molecule has 9 nitrogen and oxygen atoms in total. The highest BCUT2D eigenvalue weighted by atomic mass is 32.2. The number of nitrogens with one attached hydrogen (secondary N) is 2. The molecule has 2 N–H and O–H groups in total. The van der Waals surface area contributed by atoms with Gasteiger partial charge < -0.3 is 24.4 Å². The van der Waals surface area contributed by atoms with Crippen molar-refractivity contribution in [2.45, 2.75) is 30.9 Å². The maximum atomic E-state index is 13.4. The van der Waals surface area contributed by atoms with E-state index in [1.807, 2.05) is 6.92 Å². The van der Waals surface area contributed by atoms with Gasteiger partial charge in [-0.1, -0.05) is 19.1 Å². The molecule has 0 aromatic heterocycles. The molecule has 0 aliphatic carbocycles. The van der Waals surface area contributed by atoms with Crippen LogP contribution in [0.3, 0.4) is 0 Å². The van der Waals surface area contributed by atoms with Crippen molar-refractivity contribution < 1.29 is 27.4 Å². The molecule has 1 aliphatic rings. The Labute approximate surface area is 201 Å². The quantitative estimate of drug-likeness (QED) is 0.662. The molecule has 0 spiro atoms.